The zero-order valence-electron chi connectivity index (χ0n) is 15.3. The van der Waals surface area contributed by atoms with Gasteiger partial charge in [-0.15, -0.1) is 0 Å². The monoisotopic (exact) mass is 333 g/mol. The first-order valence-electron chi connectivity index (χ1n) is 8.92. The second-order valence-corrected chi connectivity index (χ2v) is 7.45. The minimum absolute atomic E-state index is 0.470. The fourth-order valence-electron chi connectivity index (χ4n) is 3.44. The maximum atomic E-state index is 11.4. The minimum atomic E-state index is -0.470. The Balaban J connectivity index is 1.94. The Labute approximate surface area is 145 Å². The van der Waals surface area contributed by atoms with Crippen molar-refractivity contribution in [1.29, 1.82) is 0 Å². The molecular weight excluding hydrogens is 302 g/mol. The summed E-state index contributed by atoms with van der Waals surface area (Å²) in [5.74, 6) is 0.283. The number of amides is 1. The first kappa shape index (κ1) is 18.9. The molecule has 1 saturated heterocycles. The highest BCUT2D eigenvalue weighted by atomic mass is 16.5. The molecule has 2 rings (SSSR count). The third-order valence-corrected chi connectivity index (χ3v) is 4.88. The Hall–Kier alpha value is -1.43. The summed E-state index contributed by atoms with van der Waals surface area (Å²) in [6.07, 6.45) is 1.26. The third-order valence-electron chi connectivity index (χ3n) is 4.88. The van der Waals surface area contributed by atoms with Crippen LogP contribution >= 0.6 is 0 Å². The minimum Gasteiger partial charge on any atom is -0.300 e. The van der Waals surface area contributed by atoms with Gasteiger partial charge in [0, 0.05) is 37.3 Å². The van der Waals surface area contributed by atoms with Crippen LogP contribution in [0.2, 0.25) is 0 Å². The first-order valence-corrected chi connectivity index (χ1v) is 8.92. The molecule has 134 valence electrons. The number of carbonyl (C=O) groups excluding carboxylic acids is 1. The van der Waals surface area contributed by atoms with E-state index in [1.54, 1.807) is 17.6 Å². The van der Waals surface area contributed by atoms with Crippen LogP contribution in [-0.4, -0.2) is 52.6 Å². The van der Waals surface area contributed by atoms with E-state index in [1.165, 1.54) is 18.5 Å². The Kier molecular flexibility index (Phi) is 6.78. The number of piperazine rings is 1. The van der Waals surface area contributed by atoms with Crippen LogP contribution in [0.25, 0.3) is 0 Å². The molecule has 0 aromatic heterocycles. The molecule has 2 atom stereocenters. The summed E-state index contributed by atoms with van der Waals surface area (Å²) in [7, 11) is 0. The second kappa shape index (κ2) is 8.60. The molecule has 0 aliphatic carbocycles. The Morgan fingerprint density at radius 3 is 2.29 bits per heavy atom. The van der Waals surface area contributed by atoms with Gasteiger partial charge in [-0.2, -0.15) is 0 Å². The van der Waals surface area contributed by atoms with Crippen LogP contribution < -0.4 is 5.48 Å². The number of nitrogens with zero attached hydrogens (tertiary/aromatic N) is 2. The van der Waals surface area contributed by atoms with Crippen LogP contribution in [0, 0.1) is 5.92 Å². The Morgan fingerprint density at radius 2 is 1.79 bits per heavy atom. The highest BCUT2D eigenvalue weighted by Crippen LogP contribution is 2.20. The van der Waals surface area contributed by atoms with E-state index in [1.807, 2.05) is 12.1 Å². The molecule has 0 radical (unpaired) electrons. The van der Waals surface area contributed by atoms with E-state index in [0.29, 0.717) is 17.6 Å². The summed E-state index contributed by atoms with van der Waals surface area (Å²) in [5, 5.41) is 8.68. The van der Waals surface area contributed by atoms with Crippen molar-refractivity contribution in [3.63, 3.8) is 0 Å². The van der Waals surface area contributed by atoms with Crippen molar-refractivity contribution in [3.8, 4) is 0 Å². The Morgan fingerprint density at radius 1 is 1.21 bits per heavy atom. The van der Waals surface area contributed by atoms with Crippen molar-refractivity contribution in [2.45, 2.75) is 52.7 Å². The van der Waals surface area contributed by atoms with Gasteiger partial charge in [-0.25, -0.2) is 5.48 Å². The molecule has 1 fully saturated rings. The molecule has 0 unspecified atom stereocenters. The summed E-state index contributed by atoms with van der Waals surface area (Å²) in [5.41, 5.74) is 3.33. The number of hydroxylamine groups is 1. The Bertz CT molecular complexity index is 518. The van der Waals surface area contributed by atoms with Crippen LogP contribution in [0.5, 0.6) is 0 Å². The molecular formula is C19H31N3O2. The molecule has 1 aliphatic rings. The lowest BCUT2D eigenvalue weighted by molar-refractivity contribution is 0.0309. The van der Waals surface area contributed by atoms with Crippen molar-refractivity contribution in [2.24, 2.45) is 5.92 Å². The lowest BCUT2D eigenvalue weighted by atomic mass is 10.0. The molecule has 1 aliphatic heterocycles. The normalized spacial score (nSPS) is 22.8. The molecule has 1 amide bonds. The number of nitrogens with one attached hydrogen (secondary N) is 1. The summed E-state index contributed by atoms with van der Waals surface area (Å²) in [6.45, 7) is 13.5. The molecule has 2 N–H and O–H groups in total. The zero-order chi connectivity index (χ0) is 17.7. The van der Waals surface area contributed by atoms with E-state index in [9.17, 15) is 4.79 Å². The van der Waals surface area contributed by atoms with Crippen LogP contribution in [0.1, 0.15) is 50.0 Å². The van der Waals surface area contributed by atoms with Gasteiger partial charge < -0.3 is 4.90 Å². The maximum Gasteiger partial charge on any atom is 0.274 e. The quantitative estimate of drug-likeness (QED) is 0.621. The van der Waals surface area contributed by atoms with Crippen LogP contribution in [0.15, 0.2) is 24.3 Å². The predicted molar refractivity (Wildman–Crippen MR) is 96.1 cm³/mol. The number of hydrogen-bond acceptors (Lipinski definition) is 4. The van der Waals surface area contributed by atoms with Gasteiger partial charge in [0.25, 0.3) is 5.91 Å². The van der Waals surface area contributed by atoms with E-state index in [4.69, 9.17) is 5.21 Å². The van der Waals surface area contributed by atoms with Gasteiger partial charge >= 0.3 is 0 Å². The van der Waals surface area contributed by atoms with E-state index in [-0.39, 0.29) is 0 Å². The second-order valence-electron chi connectivity index (χ2n) is 7.45. The number of rotatable bonds is 6. The molecule has 24 heavy (non-hydrogen) atoms. The van der Waals surface area contributed by atoms with Crippen LogP contribution in [-0.2, 0) is 6.54 Å². The van der Waals surface area contributed by atoms with Crippen LogP contribution in [0.4, 0.5) is 0 Å². The highest BCUT2D eigenvalue weighted by Gasteiger charge is 2.29. The van der Waals surface area contributed by atoms with Crippen molar-refractivity contribution in [1.82, 2.24) is 15.3 Å². The average molecular weight is 333 g/mol. The molecule has 1 heterocycles. The highest BCUT2D eigenvalue weighted by molar-refractivity contribution is 5.93. The largest absolute Gasteiger partial charge is 0.300 e. The van der Waals surface area contributed by atoms with E-state index >= 15 is 0 Å². The SMILES string of the molecule is CC(C)CCN1C[C@@H](C)N(Cc2ccc(C(=O)NO)cc2)[C@@H](C)C1. The lowest BCUT2D eigenvalue weighted by Gasteiger charge is -2.44. The predicted octanol–water partition coefficient (Wildman–Crippen LogP) is 2.75. The number of benzene rings is 1. The van der Waals surface area contributed by atoms with Gasteiger partial charge in [-0.3, -0.25) is 14.9 Å². The third kappa shape index (κ3) is 5.03. The average Bonchev–Trinajstić information content (AvgIpc) is 2.56. The smallest absolute Gasteiger partial charge is 0.274 e. The summed E-state index contributed by atoms with van der Waals surface area (Å²) in [4.78, 5) is 16.5. The zero-order valence-corrected chi connectivity index (χ0v) is 15.3. The molecule has 0 bridgehead atoms. The molecule has 0 spiro atoms. The van der Waals surface area contributed by atoms with E-state index in [0.717, 1.165) is 25.6 Å². The first-order chi connectivity index (χ1) is 11.4. The van der Waals surface area contributed by atoms with Crippen molar-refractivity contribution in [3.05, 3.63) is 35.4 Å². The van der Waals surface area contributed by atoms with Gasteiger partial charge in [0.1, 0.15) is 0 Å². The fraction of sp³-hybridized carbons (Fsp3) is 0.632. The topological polar surface area (TPSA) is 55.8 Å². The van der Waals surface area contributed by atoms with Crippen molar-refractivity contribution >= 4 is 5.91 Å². The number of hydrogen-bond donors (Lipinski definition) is 2. The number of carbonyl (C=O) groups is 1. The molecule has 0 saturated carbocycles. The van der Waals surface area contributed by atoms with Gasteiger partial charge in [-0.05, 0) is 50.4 Å². The van der Waals surface area contributed by atoms with Gasteiger partial charge in [0.15, 0.2) is 0 Å². The van der Waals surface area contributed by atoms with Gasteiger partial charge in [0.05, 0.1) is 0 Å². The van der Waals surface area contributed by atoms with Gasteiger partial charge in [0.2, 0.25) is 0 Å². The molecule has 1 aromatic carbocycles. The molecule has 5 nitrogen and oxygen atoms in total. The summed E-state index contributed by atoms with van der Waals surface area (Å²) < 4.78 is 0. The summed E-state index contributed by atoms with van der Waals surface area (Å²) in [6, 6.07) is 8.48. The fourth-order valence-corrected chi connectivity index (χ4v) is 3.44. The van der Waals surface area contributed by atoms with E-state index < -0.39 is 5.91 Å². The lowest BCUT2D eigenvalue weighted by Crippen LogP contribution is -2.56. The van der Waals surface area contributed by atoms with E-state index in [2.05, 4.69) is 37.5 Å². The standard InChI is InChI=1S/C19H31N3O2/c1-14(2)9-10-21-11-15(3)22(16(4)12-21)13-17-5-7-18(8-6-17)19(23)20-24/h5-8,14-16,24H,9-13H2,1-4H3,(H,20,23)/t15-,16+. The summed E-state index contributed by atoms with van der Waals surface area (Å²) >= 11 is 0. The van der Waals surface area contributed by atoms with Crippen LogP contribution in [0.3, 0.4) is 0 Å². The molecule has 5 heteroatoms. The van der Waals surface area contributed by atoms with Crippen molar-refractivity contribution < 1.29 is 10.0 Å². The maximum absolute atomic E-state index is 11.4. The van der Waals surface area contributed by atoms with Gasteiger partial charge in [-0.1, -0.05) is 26.0 Å². The molecule has 1 aromatic rings. The van der Waals surface area contributed by atoms with Crippen molar-refractivity contribution in [2.75, 3.05) is 19.6 Å².